The zero-order valence-corrected chi connectivity index (χ0v) is 10.2. The minimum absolute atomic E-state index is 0.0770. The molecule has 0 atom stereocenters. The van der Waals surface area contributed by atoms with Crippen molar-refractivity contribution in [2.45, 2.75) is 6.92 Å². The second-order valence-electron chi connectivity index (χ2n) is 4.60. The molecule has 19 heavy (non-hydrogen) atoms. The van der Waals surface area contributed by atoms with Gasteiger partial charge in [0, 0.05) is 23.5 Å². The fraction of sp³-hybridized carbons (Fsp3) is 0.0667. The van der Waals surface area contributed by atoms with Crippen LogP contribution in [0.4, 0.5) is 0 Å². The van der Waals surface area contributed by atoms with E-state index in [1.165, 1.54) is 0 Å². The molecule has 0 unspecified atom stereocenters. The summed E-state index contributed by atoms with van der Waals surface area (Å²) in [4.78, 5) is 25.6. The highest BCUT2D eigenvalue weighted by molar-refractivity contribution is 6.23. The molecule has 3 aromatic rings. The SMILES string of the molecule is Cc1cc2ccnc3c2c(n1)-c1ncccc1C3=O. The number of hydrogen-bond donors (Lipinski definition) is 0. The van der Waals surface area contributed by atoms with Crippen molar-refractivity contribution in [3.63, 3.8) is 0 Å². The molecule has 3 heterocycles. The van der Waals surface area contributed by atoms with Crippen LogP contribution in [0.15, 0.2) is 36.7 Å². The maximum Gasteiger partial charge on any atom is 0.214 e. The second-order valence-corrected chi connectivity index (χ2v) is 4.60. The first-order valence-electron chi connectivity index (χ1n) is 6.02. The molecule has 4 heteroatoms. The number of pyridine rings is 3. The van der Waals surface area contributed by atoms with Gasteiger partial charge < -0.3 is 0 Å². The number of hydrogen-bond acceptors (Lipinski definition) is 4. The van der Waals surface area contributed by atoms with E-state index in [9.17, 15) is 4.79 Å². The Balaban J connectivity index is 2.28. The van der Waals surface area contributed by atoms with Crippen LogP contribution in [0.25, 0.3) is 22.2 Å². The Kier molecular flexibility index (Phi) is 1.87. The molecular weight excluding hydrogens is 238 g/mol. The first-order chi connectivity index (χ1) is 9.25. The Hall–Kier alpha value is -2.62. The number of rotatable bonds is 0. The van der Waals surface area contributed by atoms with Crippen molar-refractivity contribution < 1.29 is 4.79 Å². The van der Waals surface area contributed by atoms with E-state index in [-0.39, 0.29) is 5.78 Å². The van der Waals surface area contributed by atoms with Crippen LogP contribution in [-0.2, 0) is 0 Å². The molecule has 0 radical (unpaired) electrons. The van der Waals surface area contributed by atoms with Crippen LogP contribution in [0, 0.1) is 6.92 Å². The highest BCUT2D eigenvalue weighted by Gasteiger charge is 2.28. The van der Waals surface area contributed by atoms with E-state index >= 15 is 0 Å². The molecule has 0 aliphatic heterocycles. The summed E-state index contributed by atoms with van der Waals surface area (Å²) in [5.74, 6) is -0.0770. The Labute approximate surface area is 109 Å². The number of aromatic nitrogens is 3. The number of fused-ring (bicyclic) bond motifs is 2. The molecule has 0 aromatic carbocycles. The summed E-state index contributed by atoms with van der Waals surface area (Å²) < 4.78 is 0. The van der Waals surface area contributed by atoms with Crippen molar-refractivity contribution in [2.75, 3.05) is 0 Å². The van der Waals surface area contributed by atoms with E-state index in [0.29, 0.717) is 17.0 Å². The number of carbonyl (C=O) groups is 1. The molecule has 0 amide bonds. The molecule has 3 aromatic heterocycles. The quantitative estimate of drug-likeness (QED) is 0.479. The van der Waals surface area contributed by atoms with Gasteiger partial charge in [0.05, 0.1) is 11.3 Å². The van der Waals surface area contributed by atoms with Crippen LogP contribution in [0.5, 0.6) is 0 Å². The van der Waals surface area contributed by atoms with E-state index in [1.807, 2.05) is 19.1 Å². The van der Waals surface area contributed by atoms with Crippen molar-refractivity contribution in [1.82, 2.24) is 15.0 Å². The molecule has 0 spiro atoms. The van der Waals surface area contributed by atoms with Gasteiger partial charge in [0.15, 0.2) is 0 Å². The van der Waals surface area contributed by atoms with Gasteiger partial charge in [-0.3, -0.25) is 19.7 Å². The summed E-state index contributed by atoms with van der Waals surface area (Å²) in [5, 5.41) is 1.79. The average Bonchev–Trinajstić information content (AvgIpc) is 2.44. The highest BCUT2D eigenvalue weighted by atomic mass is 16.1. The molecule has 0 saturated carbocycles. The van der Waals surface area contributed by atoms with Gasteiger partial charge in [-0.05, 0) is 36.6 Å². The van der Waals surface area contributed by atoms with Crippen LogP contribution in [0.2, 0.25) is 0 Å². The van der Waals surface area contributed by atoms with Crippen LogP contribution in [0.1, 0.15) is 21.7 Å². The molecule has 0 saturated heterocycles. The summed E-state index contributed by atoms with van der Waals surface area (Å²) in [6, 6.07) is 7.40. The fourth-order valence-electron chi connectivity index (χ4n) is 2.58. The van der Waals surface area contributed by atoms with Gasteiger partial charge in [-0.25, -0.2) is 0 Å². The van der Waals surface area contributed by atoms with Gasteiger partial charge in [-0.2, -0.15) is 0 Å². The first kappa shape index (κ1) is 10.3. The Morgan fingerprint density at radius 3 is 2.74 bits per heavy atom. The van der Waals surface area contributed by atoms with Gasteiger partial charge in [0.25, 0.3) is 0 Å². The van der Waals surface area contributed by atoms with Gasteiger partial charge >= 0.3 is 0 Å². The molecule has 1 aliphatic rings. The molecule has 1 aliphatic carbocycles. The van der Waals surface area contributed by atoms with Gasteiger partial charge in [0.1, 0.15) is 11.4 Å². The van der Waals surface area contributed by atoms with Crippen molar-refractivity contribution in [3.8, 4) is 11.4 Å². The zero-order chi connectivity index (χ0) is 13.0. The summed E-state index contributed by atoms with van der Waals surface area (Å²) in [6.45, 7) is 1.94. The fourth-order valence-corrected chi connectivity index (χ4v) is 2.58. The van der Waals surface area contributed by atoms with Crippen molar-refractivity contribution in [3.05, 3.63) is 53.6 Å². The molecule has 4 rings (SSSR count). The largest absolute Gasteiger partial charge is 0.287 e. The van der Waals surface area contributed by atoms with Gasteiger partial charge in [-0.1, -0.05) is 0 Å². The molecule has 0 bridgehead atoms. The maximum absolute atomic E-state index is 12.4. The predicted octanol–water partition coefficient (Wildman–Crippen LogP) is 2.54. The lowest BCUT2D eigenvalue weighted by Gasteiger charge is -2.17. The van der Waals surface area contributed by atoms with E-state index in [0.717, 1.165) is 22.2 Å². The lowest BCUT2D eigenvalue weighted by molar-refractivity contribution is 0.103. The Bertz CT molecular complexity index is 855. The summed E-state index contributed by atoms with van der Waals surface area (Å²) in [7, 11) is 0. The number of carbonyl (C=O) groups excluding carboxylic acids is 1. The van der Waals surface area contributed by atoms with Crippen LogP contribution in [-0.4, -0.2) is 20.7 Å². The molecular formula is C15H9N3O. The van der Waals surface area contributed by atoms with E-state index in [2.05, 4.69) is 15.0 Å². The van der Waals surface area contributed by atoms with Crippen LogP contribution < -0.4 is 0 Å². The normalized spacial score (nSPS) is 12.6. The van der Waals surface area contributed by atoms with Gasteiger partial charge in [0.2, 0.25) is 5.78 Å². The monoisotopic (exact) mass is 247 g/mol. The lowest BCUT2D eigenvalue weighted by Crippen LogP contribution is -2.14. The zero-order valence-electron chi connectivity index (χ0n) is 10.2. The van der Waals surface area contributed by atoms with Crippen molar-refractivity contribution in [2.24, 2.45) is 0 Å². The Morgan fingerprint density at radius 2 is 1.84 bits per heavy atom. The highest BCUT2D eigenvalue weighted by Crippen LogP contribution is 2.35. The third-order valence-corrected chi connectivity index (χ3v) is 3.36. The minimum Gasteiger partial charge on any atom is -0.287 e. The number of nitrogens with zero attached hydrogens (tertiary/aromatic N) is 3. The maximum atomic E-state index is 12.4. The number of ketones is 1. The summed E-state index contributed by atoms with van der Waals surface area (Å²) >= 11 is 0. The second kappa shape index (κ2) is 3.45. The molecule has 0 fully saturated rings. The molecule has 90 valence electrons. The smallest absolute Gasteiger partial charge is 0.214 e. The van der Waals surface area contributed by atoms with E-state index in [1.54, 1.807) is 24.5 Å². The molecule has 0 N–H and O–H groups in total. The topological polar surface area (TPSA) is 55.7 Å². The van der Waals surface area contributed by atoms with Crippen molar-refractivity contribution >= 4 is 16.6 Å². The third kappa shape index (κ3) is 1.28. The summed E-state index contributed by atoms with van der Waals surface area (Å²) in [5.41, 5.74) is 3.37. The van der Waals surface area contributed by atoms with E-state index in [4.69, 9.17) is 0 Å². The third-order valence-electron chi connectivity index (χ3n) is 3.36. The van der Waals surface area contributed by atoms with E-state index < -0.39 is 0 Å². The average molecular weight is 247 g/mol. The number of aryl methyl sites for hydroxylation is 1. The van der Waals surface area contributed by atoms with Crippen LogP contribution in [0.3, 0.4) is 0 Å². The van der Waals surface area contributed by atoms with Gasteiger partial charge in [-0.15, -0.1) is 0 Å². The van der Waals surface area contributed by atoms with Crippen molar-refractivity contribution in [1.29, 1.82) is 0 Å². The van der Waals surface area contributed by atoms with Crippen LogP contribution >= 0.6 is 0 Å². The predicted molar refractivity (Wildman–Crippen MR) is 70.9 cm³/mol. The standard InChI is InChI=1S/C15H9N3O/c1-8-7-9-4-6-17-14-11(9)13(18-8)12-10(15(14)19)3-2-5-16-12/h2-7H,1H3. The Morgan fingerprint density at radius 1 is 1.00 bits per heavy atom. The first-order valence-corrected chi connectivity index (χ1v) is 6.02. The lowest BCUT2D eigenvalue weighted by atomic mass is 9.92. The molecule has 4 nitrogen and oxygen atoms in total. The summed E-state index contributed by atoms with van der Waals surface area (Å²) in [6.07, 6.45) is 3.35. The minimum atomic E-state index is -0.0770.